The first-order chi connectivity index (χ1) is 19.7. The van der Waals surface area contributed by atoms with Crippen molar-refractivity contribution in [3.8, 4) is 6.07 Å². The minimum atomic E-state index is -4.58. The third-order valence-electron chi connectivity index (χ3n) is 8.04. The summed E-state index contributed by atoms with van der Waals surface area (Å²) in [5.74, 6) is 0.634. The van der Waals surface area contributed by atoms with Crippen molar-refractivity contribution >= 4 is 22.4 Å². The fourth-order valence-corrected chi connectivity index (χ4v) is 5.69. The molecular formula is C30H34F4N6O. The Morgan fingerprint density at radius 1 is 1.00 bits per heavy atom. The van der Waals surface area contributed by atoms with E-state index in [0.29, 0.717) is 38.0 Å². The number of benzene rings is 2. The average Bonchev–Trinajstić information content (AvgIpc) is 2.97. The van der Waals surface area contributed by atoms with Gasteiger partial charge in [0.2, 0.25) is 0 Å². The molecule has 2 fully saturated rings. The Hall–Kier alpha value is -3.46. The number of rotatable bonds is 8. The summed E-state index contributed by atoms with van der Waals surface area (Å²) >= 11 is 0. The maximum atomic E-state index is 13.4. The van der Waals surface area contributed by atoms with Crippen LogP contribution in [0, 0.1) is 17.1 Å². The summed E-state index contributed by atoms with van der Waals surface area (Å²) in [6.07, 6.45) is -2.19. The first-order valence-electron chi connectivity index (χ1n) is 14.0. The van der Waals surface area contributed by atoms with Gasteiger partial charge >= 0.3 is 6.18 Å². The largest absolute Gasteiger partial charge is 0.417 e. The van der Waals surface area contributed by atoms with Gasteiger partial charge in [0.25, 0.3) is 0 Å². The van der Waals surface area contributed by atoms with E-state index in [2.05, 4.69) is 15.1 Å². The van der Waals surface area contributed by atoms with Crippen LogP contribution in [0.25, 0.3) is 10.9 Å². The van der Waals surface area contributed by atoms with E-state index in [-0.39, 0.29) is 17.4 Å². The van der Waals surface area contributed by atoms with Crippen molar-refractivity contribution in [2.45, 2.75) is 44.1 Å². The molecule has 1 aromatic heterocycles. The number of anilines is 2. The van der Waals surface area contributed by atoms with Crippen LogP contribution in [0.1, 0.15) is 36.8 Å². The van der Waals surface area contributed by atoms with Gasteiger partial charge < -0.3 is 15.3 Å². The van der Waals surface area contributed by atoms with Crippen molar-refractivity contribution in [2.24, 2.45) is 0 Å². The topological polar surface area (TPSA) is 78.7 Å². The number of aromatic nitrogens is 1. The normalized spacial score (nSPS) is 18.4. The summed E-state index contributed by atoms with van der Waals surface area (Å²) in [5, 5.41) is 23.7. The van der Waals surface area contributed by atoms with Gasteiger partial charge in [-0.3, -0.25) is 9.80 Å². The maximum Gasteiger partial charge on any atom is 0.417 e. The Balaban J connectivity index is 1.02. The van der Waals surface area contributed by atoms with Crippen molar-refractivity contribution in [1.82, 2.24) is 14.8 Å². The highest BCUT2D eigenvalue weighted by Gasteiger charge is 2.34. The predicted molar refractivity (Wildman–Crippen MR) is 150 cm³/mol. The highest BCUT2D eigenvalue weighted by atomic mass is 19.4. The third kappa shape index (κ3) is 7.25. The van der Waals surface area contributed by atoms with E-state index in [1.807, 2.05) is 17.0 Å². The van der Waals surface area contributed by atoms with Crippen molar-refractivity contribution in [3.05, 3.63) is 65.5 Å². The number of halogens is 4. The molecule has 7 nitrogen and oxygen atoms in total. The summed E-state index contributed by atoms with van der Waals surface area (Å²) in [4.78, 5) is 11.4. The lowest BCUT2D eigenvalue weighted by atomic mass is 10.0. The van der Waals surface area contributed by atoms with Gasteiger partial charge in [-0.1, -0.05) is 0 Å². The number of hydrogen-bond donors (Lipinski definition) is 2. The van der Waals surface area contributed by atoms with Gasteiger partial charge in [-0.2, -0.15) is 18.4 Å². The number of nitrogens with one attached hydrogen (secondary N) is 1. The number of nitrogens with zero attached hydrogens (tertiary/aromatic N) is 5. The van der Waals surface area contributed by atoms with E-state index in [1.165, 1.54) is 24.3 Å². The lowest BCUT2D eigenvalue weighted by molar-refractivity contribution is -0.137. The number of nitriles is 1. The number of piperazine rings is 1. The van der Waals surface area contributed by atoms with Crippen LogP contribution < -0.4 is 10.2 Å². The molecule has 0 saturated carbocycles. The number of pyridine rings is 1. The molecule has 1 unspecified atom stereocenters. The quantitative estimate of drug-likeness (QED) is 0.367. The van der Waals surface area contributed by atoms with Crippen LogP contribution in [0.4, 0.5) is 29.1 Å². The SMILES string of the molecule is N#Cc1ccc(NC2CCN(C(O)CCCN3CCN(c4ccc5cc(F)ccc5n4)CC3)CC2)cc1C(F)(F)F. The monoisotopic (exact) mass is 570 g/mol. The van der Waals surface area contributed by atoms with Crippen molar-refractivity contribution in [3.63, 3.8) is 0 Å². The van der Waals surface area contributed by atoms with Gasteiger partial charge in [0.15, 0.2) is 0 Å². The Morgan fingerprint density at radius 3 is 2.46 bits per heavy atom. The molecule has 0 amide bonds. The zero-order valence-electron chi connectivity index (χ0n) is 22.7. The summed E-state index contributed by atoms with van der Waals surface area (Å²) < 4.78 is 53.2. The molecule has 0 radical (unpaired) electrons. The predicted octanol–water partition coefficient (Wildman–Crippen LogP) is 5.06. The van der Waals surface area contributed by atoms with Crippen LogP contribution in [-0.4, -0.2) is 78.0 Å². The molecule has 11 heteroatoms. The van der Waals surface area contributed by atoms with Crippen LogP contribution in [0.3, 0.4) is 0 Å². The number of alkyl halides is 3. The van der Waals surface area contributed by atoms with Crippen molar-refractivity contribution in [1.29, 1.82) is 5.26 Å². The number of fused-ring (bicyclic) bond motifs is 1. The summed E-state index contributed by atoms with van der Waals surface area (Å²) in [7, 11) is 0. The molecule has 2 saturated heterocycles. The standard InChI is InChI=1S/C30H34F4N6O/c31-23-5-7-27-21(18-23)4-8-28(37-27)39-16-14-38(15-17-39)11-1-2-29(41)40-12-9-24(10-13-40)36-25-6-3-22(20-35)26(19-25)30(32,33)34/h3-8,18-19,24,29,36,41H,1-2,9-17H2. The average molecular weight is 571 g/mol. The molecule has 0 bridgehead atoms. The van der Waals surface area contributed by atoms with E-state index >= 15 is 0 Å². The Morgan fingerprint density at radius 2 is 1.76 bits per heavy atom. The van der Waals surface area contributed by atoms with Gasteiger partial charge in [0.05, 0.1) is 22.7 Å². The van der Waals surface area contributed by atoms with Gasteiger partial charge in [0.1, 0.15) is 17.9 Å². The minimum Gasteiger partial charge on any atom is -0.382 e. The van der Waals surface area contributed by atoms with Gasteiger partial charge in [-0.15, -0.1) is 0 Å². The minimum absolute atomic E-state index is 0.00187. The lowest BCUT2D eigenvalue weighted by Gasteiger charge is -2.37. The molecule has 2 aliphatic heterocycles. The van der Waals surface area contributed by atoms with Crippen LogP contribution in [0.5, 0.6) is 0 Å². The van der Waals surface area contributed by atoms with Crippen LogP contribution in [0.15, 0.2) is 48.5 Å². The number of hydrogen-bond acceptors (Lipinski definition) is 7. The molecule has 0 aliphatic carbocycles. The van der Waals surface area contributed by atoms with Crippen molar-refractivity contribution in [2.75, 3.05) is 56.0 Å². The molecular weight excluding hydrogens is 536 g/mol. The zero-order valence-corrected chi connectivity index (χ0v) is 22.7. The van der Waals surface area contributed by atoms with Gasteiger partial charge in [-0.25, -0.2) is 9.37 Å². The molecule has 3 heterocycles. The summed E-state index contributed by atoms with van der Waals surface area (Å²) in [6.45, 7) is 5.73. The lowest BCUT2D eigenvalue weighted by Crippen LogP contribution is -2.47. The number of piperidine rings is 1. The Labute approximate surface area is 237 Å². The van der Waals surface area contributed by atoms with E-state index < -0.39 is 18.0 Å². The number of aliphatic hydroxyl groups excluding tert-OH is 1. The number of likely N-dealkylation sites (tertiary alicyclic amines) is 1. The van der Waals surface area contributed by atoms with E-state index in [4.69, 9.17) is 10.2 Å². The molecule has 5 rings (SSSR count). The first kappa shape index (κ1) is 29.0. The van der Waals surface area contributed by atoms with Gasteiger partial charge in [-0.05, 0) is 80.8 Å². The first-order valence-corrected chi connectivity index (χ1v) is 14.0. The van der Waals surface area contributed by atoms with Crippen LogP contribution >= 0.6 is 0 Å². The second-order valence-electron chi connectivity index (χ2n) is 10.8. The second-order valence-corrected chi connectivity index (χ2v) is 10.8. The summed E-state index contributed by atoms with van der Waals surface area (Å²) in [6, 6.07) is 13.8. The van der Waals surface area contributed by atoms with Crippen LogP contribution in [0.2, 0.25) is 0 Å². The molecule has 1 atom stereocenters. The zero-order chi connectivity index (χ0) is 29.0. The molecule has 3 aromatic rings. The van der Waals surface area contributed by atoms with Gasteiger partial charge in [0, 0.05) is 56.4 Å². The van der Waals surface area contributed by atoms with E-state index in [9.17, 15) is 22.7 Å². The smallest absolute Gasteiger partial charge is 0.382 e. The Bertz CT molecular complexity index is 1380. The summed E-state index contributed by atoms with van der Waals surface area (Å²) in [5.41, 5.74) is -0.182. The van der Waals surface area contributed by atoms with E-state index in [1.54, 1.807) is 12.1 Å². The molecule has 218 valence electrons. The highest BCUT2D eigenvalue weighted by molar-refractivity contribution is 5.80. The fraction of sp³-hybridized carbons (Fsp3) is 0.467. The second kappa shape index (κ2) is 12.6. The molecule has 2 N–H and O–H groups in total. The molecule has 2 aromatic carbocycles. The fourth-order valence-electron chi connectivity index (χ4n) is 5.69. The van der Waals surface area contributed by atoms with Crippen molar-refractivity contribution < 1.29 is 22.7 Å². The Kier molecular flexibility index (Phi) is 8.92. The third-order valence-corrected chi connectivity index (χ3v) is 8.04. The molecule has 0 spiro atoms. The highest BCUT2D eigenvalue weighted by Crippen LogP contribution is 2.34. The maximum absolute atomic E-state index is 13.4. The van der Waals surface area contributed by atoms with E-state index in [0.717, 1.165) is 61.9 Å². The molecule has 41 heavy (non-hydrogen) atoms. The van der Waals surface area contributed by atoms with Crippen LogP contribution in [-0.2, 0) is 6.18 Å². The number of aliphatic hydroxyl groups is 1. The molecule has 2 aliphatic rings.